The number of hydrogen-bond donors (Lipinski definition) is 1. The number of hydrogen-bond acceptors (Lipinski definition) is 3. The zero-order valence-electron chi connectivity index (χ0n) is 14.5. The number of amidine groups is 1. The van der Waals surface area contributed by atoms with E-state index < -0.39 is 0 Å². The van der Waals surface area contributed by atoms with Crippen LogP contribution in [-0.4, -0.2) is 24.3 Å². The first-order valence-electron chi connectivity index (χ1n) is 9.50. The van der Waals surface area contributed by atoms with Gasteiger partial charge in [-0.3, -0.25) is 0 Å². The second-order valence-corrected chi connectivity index (χ2v) is 6.94. The third-order valence-electron chi connectivity index (χ3n) is 4.95. The monoisotopic (exact) mass is 327 g/mol. The highest BCUT2D eigenvalue weighted by Gasteiger charge is 2.18. The van der Waals surface area contributed by atoms with Gasteiger partial charge in [0, 0.05) is 6.04 Å². The van der Waals surface area contributed by atoms with Gasteiger partial charge in [0.25, 0.3) is 0 Å². The standard InChI is InChI=1S/C20H29N3O/c1-4-10-17(11-5-1)16-21-24-20(22-18-12-6-2-7-13-18)23-19-14-8-3-9-15-19/h1,4-5,10-11,16,18-19H,2-3,6-9,12-15H2,(H,22,23)/b21-16+. The molecule has 0 atom stereocenters. The van der Waals surface area contributed by atoms with Crippen LogP contribution in [-0.2, 0) is 4.84 Å². The first-order chi connectivity index (χ1) is 11.9. The van der Waals surface area contributed by atoms with Crippen molar-refractivity contribution in [2.45, 2.75) is 76.3 Å². The van der Waals surface area contributed by atoms with Crippen molar-refractivity contribution in [3.63, 3.8) is 0 Å². The molecule has 0 radical (unpaired) electrons. The highest BCUT2D eigenvalue weighted by molar-refractivity contribution is 5.80. The fourth-order valence-electron chi connectivity index (χ4n) is 3.56. The summed E-state index contributed by atoms with van der Waals surface area (Å²) in [5, 5.41) is 7.66. The first kappa shape index (κ1) is 17.0. The first-order valence-corrected chi connectivity index (χ1v) is 9.50. The number of nitrogens with one attached hydrogen (secondary N) is 1. The van der Waals surface area contributed by atoms with Crippen molar-refractivity contribution in [3.8, 4) is 0 Å². The van der Waals surface area contributed by atoms with E-state index in [1.165, 1.54) is 64.2 Å². The Balaban J connectivity index is 1.61. The molecule has 0 unspecified atom stereocenters. The molecule has 1 N–H and O–H groups in total. The molecule has 0 heterocycles. The van der Waals surface area contributed by atoms with Crippen molar-refractivity contribution in [2.24, 2.45) is 10.1 Å². The molecule has 0 aliphatic heterocycles. The molecule has 4 heteroatoms. The average Bonchev–Trinajstić information content (AvgIpc) is 2.64. The van der Waals surface area contributed by atoms with E-state index in [0.717, 1.165) is 5.56 Å². The lowest BCUT2D eigenvalue weighted by molar-refractivity contribution is 0.286. The molecule has 0 bridgehead atoms. The summed E-state index contributed by atoms with van der Waals surface area (Å²) in [4.78, 5) is 10.5. The van der Waals surface area contributed by atoms with Crippen LogP contribution in [0.1, 0.15) is 69.8 Å². The van der Waals surface area contributed by atoms with Crippen LogP contribution in [0.15, 0.2) is 40.5 Å². The fourth-order valence-corrected chi connectivity index (χ4v) is 3.56. The molecule has 0 spiro atoms. The highest BCUT2D eigenvalue weighted by atomic mass is 16.6. The zero-order valence-corrected chi connectivity index (χ0v) is 14.5. The molecule has 2 fully saturated rings. The predicted molar refractivity (Wildman–Crippen MR) is 99.4 cm³/mol. The Bertz CT molecular complexity index is 529. The van der Waals surface area contributed by atoms with Gasteiger partial charge in [-0.2, -0.15) is 0 Å². The minimum Gasteiger partial charge on any atom is -0.335 e. The second kappa shape index (κ2) is 9.45. The largest absolute Gasteiger partial charge is 0.335 e. The molecule has 24 heavy (non-hydrogen) atoms. The fraction of sp³-hybridized carbons (Fsp3) is 0.600. The van der Waals surface area contributed by atoms with Crippen molar-refractivity contribution < 1.29 is 4.84 Å². The van der Waals surface area contributed by atoms with E-state index in [0.29, 0.717) is 18.1 Å². The van der Waals surface area contributed by atoms with Gasteiger partial charge in [-0.05, 0) is 31.2 Å². The lowest BCUT2D eigenvalue weighted by Gasteiger charge is -2.24. The number of benzene rings is 1. The van der Waals surface area contributed by atoms with Crippen LogP contribution >= 0.6 is 0 Å². The molecule has 130 valence electrons. The summed E-state index contributed by atoms with van der Waals surface area (Å²) >= 11 is 0. The van der Waals surface area contributed by atoms with Gasteiger partial charge in [-0.25, -0.2) is 4.99 Å². The molecular formula is C20H29N3O. The molecule has 2 saturated carbocycles. The van der Waals surface area contributed by atoms with Gasteiger partial charge in [0.15, 0.2) is 0 Å². The zero-order chi connectivity index (χ0) is 16.5. The van der Waals surface area contributed by atoms with Crippen LogP contribution in [0.25, 0.3) is 0 Å². The summed E-state index contributed by atoms with van der Waals surface area (Å²) in [6, 6.07) is 11.5. The van der Waals surface area contributed by atoms with Crippen molar-refractivity contribution in [1.29, 1.82) is 0 Å². The molecule has 3 rings (SSSR count). The summed E-state index contributed by atoms with van der Waals surface area (Å²) in [5.74, 6) is 0. The Kier molecular flexibility index (Phi) is 6.70. The van der Waals surface area contributed by atoms with Crippen molar-refractivity contribution in [2.75, 3.05) is 0 Å². The summed E-state index contributed by atoms with van der Waals surface area (Å²) < 4.78 is 0. The van der Waals surface area contributed by atoms with E-state index in [2.05, 4.69) is 10.5 Å². The highest BCUT2D eigenvalue weighted by Crippen LogP contribution is 2.21. The molecule has 2 aliphatic carbocycles. The number of rotatable bonds is 4. The van der Waals surface area contributed by atoms with Gasteiger partial charge in [-0.1, -0.05) is 74.0 Å². The average molecular weight is 327 g/mol. The minimum absolute atomic E-state index is 0.386. The van der Waals surface area contributed by atoms with Crippen molar-refractivity contribution in [1.82, 2.24) is 5.32 Å². The molecule has 0 amide bonds. The molecule has 2 aliphatic rings. The Labute approximate surface area is 145 Å². The molecule has 1 aromatic carbocycles. The van der Waals surface area contributed by atoms with Crippen LogP contribution in [0, 0.1) is 0 Å². The summed E-state index contributed by atoms with van der Waals surface area (Å²) in [7, 11) is 0. The van der Waals surface area contributed by atoms with E-state index in [4.69, 9.17) is 9.83 Å². The SMILES string of the molecule is C(=N\O/C(=N\C1CCCCC1)NC1CCCCC1)/c1ccccc1. The second-order valence-electron chi connectivity index (χ2n) is 6.94. The van der Waals surface area contributed by atoms with Gasteiger partial charge >= 0.3 is 6.02 Å². The maximum absolute atomic E-state index is 5.66. The minimum atomic E-state index is 0.386. The van der Waals surface area contributed by atoms with Crippen LogP contribution in [0.3, 0.4) is 0 Å². The molecule has 4 nitrogen and oxygen atoms in total. The van der Waals surface area contributed by atoms with Crippen LogP contribution in [0.2, 0.25) is 0 Å². The van der Waals surface area contributed by atoms with Crippen LogP contribution in [0.5, 0.6) is 0 Å². The Morgan fingerprint density at radius 3 is 2.29 bits per heavy atom. The predicted octanol–water partition coefficient (Wildman–Crippen LogP) is 4.65. The third kappa shape index (κ3) is 5.66. The summed E-state index contributed by atoms with van der Waals surface area (Å²) in [6.07, 6.45) is 14.3. The lowest BCUT2D eigenvalue weighted by atomic mass is 9.95. The van der Waals surface area contributed by atoms with E-state index in [9.17, 15) is 0 Å². The maximum atomic E-state index is 5.66. The summed E-state index contributed by atoms with van der Waals surface area (Å²) in [5.41, 5.74) is 1.03. The topological polar surface area (TPSA) is 46.0 Å². The quantitative estimate of drug-likeness (QED) is 0.497. The Hall–Kier alpha value is -1.84. The van der Waals surface area contributed by atoms with Gasteiger partial charge in [0.1, 0.15) is 0 Å². The van der Waals surface area contributed by atoms with E-state index in [1.807, 2.05) is 30.3 Å². The lowest BCUT2D eigenvalue weighted by Crippen LogP contribution is -2.38. The van der Waals surface area contributed by atoms with Crippen molar-refractivity contribution >= 4 is 12.2 Å². The third-order valence-corrected chi connectivity index (χ3v) is 4.95. The molecular weight excluding hydrogens is 298 g/mol. The van der Waals surface area contributed by atoms with Gasteiger partial charge in [-0.15, -0.1) is 0 Å². The summed E-state index contributed by atoms with van der Waals surface area (Å²) in [6.45, 7) is 0. The van der Waals surface area contributed by atoms with Crippen LogP contribution < -0.4 is 5.32 Å². The van der Waals surface area contributed by atoms with Crippen LogP contribution in [0.4, 0.5) is 0 Å². The molecule has 0 aromatic heterocycles. The van der Waals surface area contributed by atoms with Gasteiger partial charge < -0.3 is 10.2 Å². The Morgan fingerprint density at radius 2 is 1.58 bits per heavy atom. The number of oxime groups is 1. The van der Waals surface area contributed by atoms with E-state index in [1.54, 1.807) is 6.21 Å². The number of aliphatic imine (C=N–C) groups is 1. The van der Waals surface area contributed by atoms with Crippen molar-refractivity contribution in [3.05, 3.63) is 35.9 Å². The van der Waals surface area contributed by atoms with Gasteiger partial charge in [0.2, 0.25) is 0 Å². The maximum Gasteiger partial charge on any atom is 0.315 e. The Morgan fingerprint density at radius 1 is 0.917 bits per heavy atom. The molecule has 1 aromatic rings. The number of nitrogens with zero attached hydrogens (tertiary/aromatic N) is 2. The van der Waals surface area contributed by atoms with Gasteiger partial charge in [0.05, 0.1) is 12.3 Å². The molecule has 0 saturated heterocycles. The van der Waals surface area contributed by atoms with E-state index in [-0.39, 0.29) is 0 Å². The van der Waals surface area contributed by atoms with E-state index >= 15 is 0 Å². The smallest absolute Gasteiger partial charge is 0.315 e. The normalized spacial score (nSPS) is 21.1.